The highest BCUT2D eigenvalue weighted by atomic mass is 16.5. The molecule has 3 atom stereocenters. The molecule has 5 nitrogen and oxygen atoms in total. The Kier molecular flexibility index (Phi) is 3.30. The zero-order valence-corrected chi connectivity index (χ0v) is 10.9. The molecule has 1 saturated carbocycles. The number of morpholine rings is 1. The van der Waals surface area contributed by atoms with Gasteiger partial charge < -0.3 is 9.84 Å². The van der Waals surface area contributed by atoms with Gasteiger partial charge in [-0.1, -0.05) is 0 Å². The maximum absolute atomic E-state index is 11.3. The van der Waals surface area contributed by atoms with Crippen LogP contribution >= 0.6 is 0 Å². The van der Waals surface area contributed by atoms with Gasteiger partial charge in [-0.2, -0.15) is 0 Å². The summed E-state index contributed by atoms with van der Waals surface area (Å²) in [5.74, 6) is -0.743. The molecule has 1 aliphatic carbocycles. The molecule has 2 aliphatic heterocycles. The molecule has 3 aliphatic rings. The van der Waals surface area contributed by atoms with Crippen LogP contribution in [0.5, 0.6) is 0 Å². The third-order valence-electron chi connectivity index (χ3n) is 4.54. The van der Waals surface area contributed by atoms with Gasteiger partial charge in [0.15, 0.2) is 0 Å². The molecule has 102 valence electrons. The topological polar surface area (TPSA) is 53.0 Å². The minimum absolute atomic E-state index is 0.337. The average Bonchev–Trinajstić information content (AvgIpc) is 3.13. The van der Waals surface area contributed by atoms with Crippen molar-refractivity contribution < 1.29 is 14.6 Å². The fourth-order valence-corrected chi connectivity index (χ4v) is 3.45. The summed E-state index contributed by atoms with van der Waals surface area (Å²) in [6.45, 7) is 5.07. The lowest BCUT2D eigenvalue weighted by molar-refractivity contribution is -0.151. The zero-order chi connectivity index (χ0) is 12.7. The average molecular weight is 254 g/mol. The van der Waals surface area contributed by atoms with Crippen LogP contribution in [0.15, 0.2) is 0 Å². The molecule has 5 heteroatoms. The van der Waals surface area contributed by atoms with Gasteiger partial charge in [0.05, 0.1) is 13.2 Å². The van der Waals surface area contributed by atoms with E-state index in [1.807, 2.05) is 0 Å². The Hall–Kier alpha value is -0.650. The van der Waals surface area contributed by atoms with Crippen LogP contribution in [-0.4, -0.2) is 71.3 Å². The number of likely N-dealkylation sites (tertiary alicyclic amines) is 1. The Bertz CT molecular complexity index is 332. The van der Waals surface area contributed by atoms with Crippen LogP contribution in [0.25, 0.3) is 0 Å². The van der Waals surface area contributed by atoms with Crippen molar-refractivity contribution in [3.63, 3.8) is 0 Å². The molecule has 18 heavy (non-hydrogen) atoms. The van der Waals surface area contributed by atoms with Gasteiger partial charge in [-0.15, -0.1) is 0 Å². The lowest BCUT2D eigenvalue weighted by Gasteiger charge is -2.37. The Labute approximate surface area is 108 Å². The standard InChI is InChI=1S/C13H22N2O3/c1-9-6-11(7-15(9)10-2-3-10)14-4-5-18-8-12(14)13(16)17/h9-12H,2-8H2,1H3,(H,16,17). The molecule has 0 radical (unpaired) electrons. The molecule has 3 unspecified atom stereocenters. The van der Waals surface area contributed by atoms with Crippen LogP contribution < -0.4 is 0 Å². The molecule has 0 aromatic heterocycles. The van der Waals surface area contributed by atoms with Crippen LogP contribution in [0.3, 0.4) is 0 Å². The van der Waals surface area contributed by atoms with Gasteiger partial charge in [0.25, 0.3) is 0 Å². The van der Waals surface area contributed by atoms with Gasteiger partial charge in [0.1, 0.15) is 6.04 Å². The second-order valence-electron chi connectivity index (χ2n) is 5.83. The van der Waals surface area contributed by atoms with E-state index in [0.29, 0.717) is 25.3 Å². The van der Waals surface area contributed by atoms with E-state index >= 15 is 0 Å². The van der Waals surface area contributed by atoms with Crippen molar-refractivity contribution in [3.8, 4) is 0 Å². The molecular formula is C13H22N2O3. The van der Waals surface area contributed by atoms with Crippen LogP contribution in [0.4, 0.5) is 0 Å². The minimum atomic E-state index is -0.743. The maximum Gasteiger partial charge on any atom is 0.323 e. The van der Waals surface area contributed by atoms with Gasteiger partial charge in [-0.05, 0) is 26.2 Å². The van der Waals surface area contributed by atoms with E-state index in [2.05, 4.69) is 16.7 Å². The molecule has 1 N–H and O–H groups in total. The minimum Gasteiger partial charge on any atom is -0.480 e. The summed E-state index contributed by atoms with van der Waals surface area (Å²) >= 11 is 0. The summed E-state index contributed by atoms with van der Waals surface area (Å²) in [6, 6.07) is 1.31. The van der Waals surface area contributed by atoms with Crippen LogP contribution in [0.1, 0.15) is 26.2 Å². The molecule has 3 fully saturated rings. The summed E-state index contributed by atoms with van der Waals surface area (Å²) in [6.07, 6.45) is 3.74. The lowest BCUT2D eigenvalue weighted by atomic mass is 10.1. The quantitative estimate of drug-likeness (QED) is 0.790. The Morgan fingerprint density at radius 1 is 1.28 bits per heavy atom. The summed E-state index contributed by atoms with van der Waals surface area (Å²) in [7, 11) is 0. The van der Waals surface area contributed by atoms with Gasteiger partial charge in [0.2, 0.25) is 0 Å². The van der Waals surface area contributed by atoms with Crippen molar-refractivity contribution in [1.29, 1.82) is 0 Å². The molecule has 0 aromatic carbocycles. The Morgan fingerprint density at radius 3 is 2.72 bits per heavy atom. The van der Waals surface area contributed by atoms with Crippen LogP contribution in [0.2, 0.25) is 0 Å². The Balaban J connectivity index is 1.67. The summed E-state index contributed by atoms with van der Waals surface area (Å²) in [4.78, 5) is 16.0. The fourth-order valence-electron chi connectivity index (χ4n) is 3.45. The van der Waals surface area contributed by atoms with E-state index in [1.54, 1.807) is 0 Å². The molecule has 2 saturated heterocycles. The highest BCUT2D eigenvalue weighted by Gasteiger charge is 2.43. The van der Waals surface area contributed by atoms with Gasteiger partial charge in [0, 0.05) is 31.2 Å². The van der Waals surface area contributed by atoms with E-state index in [-0.39, 0.29) is 0 Å². The van der Waals surface area contributed by atoms with E-state index in [4.69, 9.17) is 4.74 Å². The molecule has 0 spiro atoms. The zero-order valence-electron chi connectivity index (χ0n) is 10.9. The van der Waals surface area contributed by atoms with Crippen molar-refractivity contribution in [2.75, 3.05) is 26.3 Å². The molecular weight excluding hydrogens is 232 g/mol. The monoisotopic (exact) mass is 254 g/mol. The predicted molar refractivity (Wildman–Crippen MR) is 66.5 cm³/mol. The summed E-state index contributed by atoms with van der Waals surface area (Å²) in [5, 5.41) is 9.29. The number of hydrogen-bond donors (Lipinski definition) is 1. The SMILES string of the molecule is CC1CC(N2CCOCC2C(=O)O)CN1C1CC1. The van der Waals surface area contributed by atoms with Crippen molar-refractivity contribution in [2.45, 2.75) is 50.4 Å². The Morgan fingerprint density at radius 2 is 2.06 bits per heavy atom. The first kappa shape index (κ1) is 12.4. The highest BCUT2D eigenvalue weighted by Crippen LogP contribution is 2.35. The molecule has 0 amide bonds. The number of rotatable bonds is 3. The number of carboxylic acids is 1. The molecule has 2 heterocycles. The molecule has 0 bridgehead atoms. The van der Waals surface area contributed by atoms with Gasteiger partial charge in [-0.3, -0.25) is 14.6 Å². The van der Waals surface area contributed by atoms with Gasteiger partial charge >= 0.3 is 5.97 Å². The van der Waals surface area contributed by atoms with Crippen LogP contribution in [-0.2, 0) is 9.53 Å². The largest absolute Gasteiger partial charge is 0.480 e. The molecule has 3 rings (SSSR count). The maximum atomic E-state index is 11.3. The summed E-state index contributed by atoms with van der Waals surface area (Å²) < 4.78 is 5.31. The van der Waals surface area contributed by atoms with E-state index in [9.17, 15) is 9.90 Å². The normalized spacial score (nSPS) is 39.1. The first-order valence-corrected chi connectivity index (χ1v) is 6.99. The first-order valence-electron chi connectivity index (χ1n) is 6.99. The van der Waals surface area contributed by atoms with E-state index in [1.165, 1.54) is 12.8 Å². The second kappa shape index (κ2) is 4.79. The van der Waals surface area contributed by atoms with Crippen molar-refractivity contribution in [2.24, 2.45) is 0 Å². The predicted octanol–water partition coefficient (Wildman–Crippen LogP) is 0.397. The fraction of sp³-hybridized carbons (Fsp3) is 0.923. The van der Waals surface area contributed by atoms with Crippen molar-refractivity contribution >= 4 is 5.97 Å². The highest BCUT2D eigenvalue weighted by molar-refractivity contribution is 5.73. The second-order valence-corrected chi connectivity index (χ2v) is 5.83. The third kappa shape index (κ3) is 2.27. The number of hydrogen-bond acceptors (Lipinski definition) is 4. The number of carboxylic acid groups (broad SMARTS) is 1. The van der Waals surface area contributed by atoms with Crippen molar-refractivity contribution in [1.82, 2.24) is 9.80 Å². The van der Waals surface area contributed by atoms with Crippen LogP contribution in [0, 0.1) is 0 Å². The lowest BCUT2D eigenvalue weighted by Crippen LogP contribution is -2.55. The van der Waals surface area contributed by atoms with E-state index in [0.717, 1.165) is 25.6 Å². The summed E-state index contributed by atoms with van der Waals surface area (Å²) in [5.41, 5.74) is 0. The molecule has 0 aromatic rings. The number of carbonyl (C=O) groups is 1. The van der Waals surface area contributed by atoms with E-state index < -0.39 is 12.0 Å². The van der Waals surface area contributed by atoms with Crippen molar-refractivity contribution in [3.05, 3.63) is 0 Å². The smallest absolute Gasteiger partial charge is 0.323 e. The number of nitrogens with zero attached hydrogens (tertiary/aromatic N) is 2. The third-order valence-corrected chi connectivity index (χ3v) is 4.54. The number of aliphatic carboxylic acids is 1. The number of ether oxygens (including phenoxy) is 1. The first-order chi connectivity index (χ1) is 8.66. The van der Waals surface area contributed by atoms with Gasteiger partial charge in [-0.25, -0.2) is 0 Å².